The predicted molar refractivity (Wildman–Crippen MR) is 135 cm³/mol. The molecule has 0 unspecified atom stereocenters. The molecule has 3 N–H and O–H groups in total. The first-order valence-electron chi connectivity index (χ1n) is 12.4. The first-order valence-corrected chi connectivity index (χ1v) is 12.4. The number of benzene rings is 2. The van der Waals surface area contributed by atoms with Gasteiger partial charge in [0.1, 0.15) is 11.4 Å². The molecule has 2 aromatic heterocycles. The highest BCUT2D eigenvalue weighted by Gasteiger charge is 2.38. The molecule has 0 atom stereocenters. The number of fused-ring (bicyclic) bond motifs is 1. The van der Waals surface area contributed by atoms with E-state index < -0.39 is 5.92 Å². The summed E-state index contributed by atoms with van der Waals surface area (Å²) in [6, 6.07) is 22.7. The summed E-state index contributed by atoms with van der Waals surface area (Å²) in [5.41, 5.74) is 10.4. The number of piperidine rings is 1. The van der Waals surface area contributed by atoms with Crippen LogP contribution in [0.4, 0.5) is 14.6 Å². The van der Waals surface area contributed by atoms with Crippen molar-refractivity contribution in [3.63, 3.8) is 0 Å². The summed E-state index contributed by atoms with van der Waals surface area (Å²) in [7, 11) is 0. The van der Waals surface area contributed by atoms with E-state index in [4.69, 9.17) is 4.98 Å². The van der Waals surface area contributed by atoms with Crippen LogP contribution in [0.2, 0.25) is 0 Å². The molecule has 1 aliphatic heterocycles. The van der Waals surface area contributed by atoms with Gasteiger partial charge in [0, 0.05) is 54.1 Å². The maximum atomic E-state index is 14.2. The summed E-state index contributed by atoms with van der Waals surface area (Å²) in [5, 5.41) is 0.801. The van der Waals surface area contributed by atoms with Gasteiger partial charge < -0.3 is 10.6 Å². The van der Waals surface area contributed by atoms with Crippen molar-refractivity contribution in [1.82, 2.24) is 9.97 Å². The Hall–Kier alpha value is -3.38. The van der Waals surface area contributed by atoms with Crippen LogP contribution in [-0.4, -0.2) is 29.0 Å². The van der Waals surface area contributed by atoms with Crippen molar-refractivity contribution < 1.29 is 14.5 Å². The molecule has 0 radical (unpaired) electrons. The van der Waals surface area contributed by atoms with Gasteiger partial charge in [0.05, 0.1) is 17.8 Å². The van der Waals surface area contributed by atoms with Crippen LogP contribution in [0.15, 0.2) is 72.9 Å². The number of hydrogen-bond acceptors (Lipinski definition) is 3. The molecule has 3 heterocycles. The lowest BCUT2D eigenvalue weighted by molar-refractivity contribution is -0.509. The van der Waals surface area contributed by atoms with E-state index in [1.54, 1.807) is 11.1 Å². The molecule has 6 heteroatoms. The van der Waals surface area contributed by atoms with Gasteiger partial charge in [-0.2, -0.15) is 0 Å². The number of aromatic nitrogens is 2. The predicted octanol–water partition coefficient (Wildman–Crippen LogP) is 5.82. The summed E-state index contributed by atoms with van der Waals surface area (Å²) in [4.78, 5) is 11.3. The van der Waals surface area contributed by atoms with Crippen molar-refractivity contribution in [2.45, 2.75) is 43.6 Å². The molecule has 4 aromatic rings. The third-order valence-electron chi connectivity index (χ3n) is 7.58. The van der Waals surface area contributed by atoms with Crippen molar-refractivity contribution in [2.24, 2.45) is 0 Å². The minimum atomic E-state index is -2.70. The van der Waals surface area contributed by atoms with Crippen LogP contribution in [0.1, 0.15) is 37.7 Å². The Kier molecular flexibility index (Phi) is 5.29. The van der Waals surface area contributed by atoms with E-state index in [1.165, 1.54) is 12.0 Å². The van der Waals surface area contributed by atoms with Gasteiger partial charge in [-0.3, -0.25) is 0 Å². The average molecular weight is 472 g/mol. The SMILES string of the molecule is [NH3+]C1(c2ccc(-c3nc4ccnc(N5CCCC(F)(F)C5)c4cc3-c3ccccc3)cc2)CCC1. The maximum Gasteiger partial charge on any atom is 0.265 e. The quantitative estimate of drug-likeness (QED) is 0.408. The molecular weight excluding hydrogens is 442 g/mol. The molecule has 2 fully saturated rings. The second-order valence-corrected chi connectivity index (χ2v) is 10.0. The number of hydrogen-bond donors (Lipinski definition) is 1. The van der Waals surface area contributed by atoms with E-state index in [9.17, 15) is 8.78 Å². The van der Waals surface area contributed by atoms with Crippen molar-refractivity contribution in [3.8, 4) is 22.4 Å². The van der Waals surface area contributed by atoms with E-state index in [1.807, 2.05) is 24.3 Å². The lowest BCUT2D eigenvalue weighted by atomic mass is 9.72. The zero-order chi connectivity index (χ0) is 24.0. The van der Waals surface area contributed by atoms with Gasteiger partial charge in [-0.15, -0.1) is 0 Å². The second-order valence-electron chi connectivity index (χ2n) is 10.0. The highest BCUT2D eigenvalue weighted by molar-refractivity contribution is 5.97. The molecule has 4 nitrogen and oxygen atoms in total. The number of nitrogens with zero attached hydrogens (tertiary/aromatic N) is 3. The summed E-state index contributed by atoms with van der Waals surface area (Å²) in [5.74, 6) is -2.12. The van der Waals surface area contributed by atoms with Crippen LogP contribution in [0.3, 0.4) is 0 Å². The minimum absolute atomic E-state index is 0.0364. The molecular formula is C29H29F2N4+. The molecule has 178 valence electrons. The van der Waals surface area contributed by atoms with Crippen LogP contribution in [0.25, 0.3) is 33.3 Å². The van der Waals surface area contributed by atoms with Crippen molar-refractivity contribution in [1.29, 1.82) is 0 Å². The number of anilines is 1. The van der Waals surface area contributed by atoms with Gasteiger partial charge in [0.25, 0.3) is 5.92 Å². The Morgan fingerprint density at radius 3 is 2.31 bits per heavy atom. The van der Waals surface area contributed by atoms with Crippen LogP contribution >= 0.6 is 0 Å². The largest absolute Gasteiger partial charge is 0.350 e. The Bertz CT molecular complexity index is 1370. The Balaban J connectivity index is 1.49. The Morgan fingerprint density at radius 2 is 1.63 bits per heavy atom. The second kappa shape index (κ2) is 8.38. The van der Waals surface area contributed by atoms with Crippen LogP contribution in [-0.2, 0) is 5.54 Å². The maximum absolute atomic E-state index is 14.2. The Morgan fingerprint density at radius 1 is 0.857 bits per heavy atom. The summed E-state index contributed by atoms with van der Waals surface area (Å²) >= 11 is 0. The van der Waals surface area contributed by atoms with Gasteiger partial charge in [-0.25, -0.2) is 18.7 Å². The fourth-order valence-electron chi connectivity index (χ4n) is 5.41. The van der Waals surface area contributed by atoms with Gasteiger partial charge in [-0.05, 0) is 30.5 Å². The van der Waals surface area contributed by atoms with Gasteiger partial charge in [0.2, 0.25) is 0 Å². The zero-order valence-corrected chi connectivity index (χ0v) is 19.7. The molecule has 35 heavy (non-hydrogen) atoms. The molecule has 0 amide bonds. The molecule has 0 bridgehead atoms. The molecule has 1 saturated heterocycles. The summed E-state index contributed by atoms with van der Waals surface area (Å²) < 4.78 is 28.5. The lowest BCUT2D eigenvalue weighted by Crippen LogP contribution is -2.73. The van der Waals surface area contributed by atoms with Crippen molar-refractivity contribution >= 4 is 16.7 Å². The highest BCUT2D eigenvalue weighted by Crippen LogP contribution is 2.40. The average Bonchev–Trinajstić information content (AvgIpc) is 2.86. The fourth-order valence-corrected chi connectivity index (χ4v) is 5.41. The topological polar surface area (TPSA) is 56.7 Å². The number of halogens is 2. The molecule has 1 saturated carbocycles. The van der Waals surface area contributed by atoms with Crippen LogP contribution in [0, 0.1) is 0 Å². The van der Waals surface area contributed by atoms with E-state index in [-0.39, 0.29) is 18.5 Å². The summed E-state index contributed by atoms with van der Waals surface area (Å²) in [6.07, 6.45) is 5.53. The van der Waals surface area contributed by atoms with Crippen molar-refractivity contribution in [2.75, 3.05) is 18.0 Å². The minimum Gasteiger partial charge on any atom is -0.350 e. The van der Waals surface area contributed by atoms with Gasteiger partial charge in [-0.1, -0.05) is 54.6 Å². The van der Waals surface area contributed by atoms with Crippen molar-refractivity contribution in [3.05, 3.63) is 78.5 Å². The summed E-state index contributed by atoms with van der Waals surface area (Å²) in [6.45, 7) is 0.258. The van der Waals surface area contributed by atoms with Crippen LogP contribution < -0.4 is 10.6 Å². The van der Waals surface area contributed by atoms with Gasteiger partial charge in [0.15, 0.2) is 0 Å². The zero-order valence-electron chi connectivity index (χ0n) is 19.7. The first kappa shape index (κ1) is 22.1. The first-order chi connectivity index (χ1) is 16.9. The van der Waals surface area contributed by atoms with E-state index in [2.05, 4.69) is 53.2 Å². The molecule has 0 spiro atoms. The normalized spacial score (nSPS) is 18.9. The molecule has 1 aliphatic carbocycles. The third-order valence-corrected chi connectivity index (χ3v) is 7.58. The van der Waals surface area contributed by atoms with E-state index >= 15 is 0 Å². The van der Waals surface area contributed by atoms with Gasteiger partial charge >= 0.3 is 0 Å². The Labute approximate surface area is 203 Å². The molecule has 6 rings (SSSR count). The number of rotatable bonds is 4. The molecule has 2 aliphatic rings. The number of quaternary nitrogens is 1. The lowest BCUT2D eigenvalue weighted by Gasteiger charge is -2.34. The smallest absolute Gasteiger partial charge is 0.265 e. The standard InChI is InChI=1S/C29H28F2N4/c30-29(31)15-5-17-35(19-29)27-24-18-23(20-6-2-1-3-7-20)26(34-25(24)12-16-33-27)21-8-10-22(11-9-21)28(32)13-4-14-28/h1-3,6-12,16,18H,4-5,13-15,17,19,32H2/p+1. The number of pyridine rings is 2. The third kappa shape index (κ3) is 4.06. The monoisotopic (exact) mass is 471 g/mol. The van der Waals surface area contributed by atoms with E-state index in [0.717, 1.165) is 46.1 Å². The number of alkyl halides is 2. The molecule has 2 aromatic carbocycles. The fraction of sp³-hybridized carbons (Fsp3) is 0.310. The highest BCUT2D eigenvalue weighted by atomic mass is 19.3. The van der Waals surface area contributed by atoms with Crippen LogP contribution in [0.5, 0.6) is 0 Å². The van der Waals surface area contributed by atoms with E-state index in [0.29, 0.717) is 18.8 Å².